The van der Waals surface area contributed by atoms with E-state index in [1.807, 2.05) is 34.6 Å². The summed E-state index contributed by atoms with van der Waals surface area (Å²) in [7, 11) is 0. The molecule has 0 aliphatic carbocycles. The predicted molar refractivity (Wildman–Crippen MR) is 130 cm³/mol. The molecule has 0 saturated carbocycles. The van der Waals surface area contributed by atoms with Gasteiger partial charge in [0.1, 0.15) is 17.6 Å². The minimum atomic E-state index is -0.781. The molecule has 0 radical (unpaired) electrons. The number of pyridine rings is 1. The first-order valence-electron chi connectivity index (χ1n) is 11.3. The van der Waals surface area contributed by atoms with Gasteiger partial charge in [-0.3, -0.25) is 14.4 Å². The van der Waals surface area contributed by atoms with Gasteiger partial charge in [0, 0.05) is 31.5 Å². The van der Waals surface area contributed by atoms with Crippen molar-refractivity contribution in [2.45, 2.75) is 58.1 Å². The van der Waals surface area contributed by atoms with E-state index in [1.54, 1.807) is 23.1 Å². The lowest BCUT2D eigenvalue weighted by atomic mass is 9.96. The van der Waals surface area contributed by atoms with Crippen LogP contribution in [-0.2, 0) is 14.4 Å². The summed E-state index contributed by atoms with van der Waals surface area (Å²) >= 11 is 1.51. The van der Waals surface area contributed by atoms with Crippen LogP contribution in [0.1, 0.15) is 47.5 Å². The molecular weight excluding hydrogens is 440 g/mol. The Labute approximate surface area is 200 Å². The topological polar surface area (TPSA) is 127 Å². The SMILES string of the molecule is CCNC(=O)C(C#N)CC1SC(CCNc2cccc(NC(=O)C(C)(C)C)n2)C(=O)N1CC. The summed E-state index contributed by atoms with van der Waals surface area (Å²) in [6.07, 6.45) is 0.892. The Morgan fingerprint density at radius 2 is 1.97 bits per heavy atom. The Morgan fingerprint density at radius 3 is 2.58 bits per heavy atom. The predicted octanol–water partition coefficient (Wildman–Crippen LogP) is 2.82. The number of thioether (sulfide) groups is 1. The fraction of sp³-hybridized carbons (Fsp3) is 0.609. The van der Waals surface area contributed by atoms with Gasteiger partial charge in [-0.25, -0.2) is 4.98 Å². The number of amides is 3. The number of hydrogen-bond acceptors (Lipinski definition) is 7. The summed E-state index contributed by atoms with van der Waals surface area (Å²) in [5.74, 6) is -0.0801. The van der Waals surface area contributed by atoms with Crippen LogP contribution in [-0.4, -0.2) is 57.9 Å². The Morgan fingerprint density at radius 1 is 1.27 bits per heavy atom. The normalized spacial score (nSPS) is 19.0. The molecule has 1 aromatic heterocycles. The zero-order valence-corrected chi connectivity index (χ0v) is 20.8. The van der Waals surface area contributed by atoms with Crippen LogP contribution in [0.3, 0.4) is 0 Å². The van der Waals surface area contributed by atoms with Crippen molar-refractivity contribution in [2.24, 2.45) is 11.3 Å². The second-order valence-corrected chi connectivity index (χ2v) is 10.2. The van der Waals surface area contributed by atoms with Gasteiger partial charge < -0.3 is 20.9 Å². The Balaban J connectivity index is 1.93. The second kappa shape index (κ2) is 11.9. The first kappa shape index (κ1) is 26.5. The van der Waals surface area contributed by atoms with Crippen LogP contribution in [0.4, 0.5) is 11.6 Å². The average Bonchev–Trinajstić information content (AvgIpc) is 3.05. The van der Waals surface area contributed by atoms with Crippen molar-refractivity contribution in [3.63, 3.8) is 0 Å². The molecule has 0 aromatic carbocycles. The molecule has 9 nitrogen and oxygen atoms in total. The lowest BCUT2D eigenvalue weighted by Crippen LogP contribution is -2.38. The van der Waals surface area contributed by atoms with Crippen molar-refractivity contribution in [2.75, 3.05) is 30.3 Å². The molecule has 3 atom stereocenters. The van der Waals surface area contributed by atoms with Crippen molar-refractivity contribution in [3.05, 3.63) is 18.2 Å². The van der Waals surface area contributed by atoms with Crippen molar-refractivity contribution in [3.8, 4) is 6.07 Å². The zero-order chi connectivity index (χ0) is 24.6. The number of rotatable bonds is 10. The zero-order valence-electron chi connectivity index (χ0n) is 20.0. The molecule has 3 unspecified atom stereocenters. The van der Waals surface area contributed by atoms with Gasteiger partial charge in [-0.2, -0.15) is 5.26 Å². The standard InChI is InChI=1S/C23H34N6O3S/c1-6-25-20(30)15(14-24)13-19-29(7-2)21(31)16(33-19)11-12-26-17-9-8-10-18(27-17)28-22(32)23(3,4)5/h8-10,15-16,19H,6-7,11-13H2,1-5H3,(H,25,30)(H2,26,27,28,32). The van der Waals surface area contributed by atoms with Crippen LogP contribution in [0.25, 0.3) is 0 Å². The van der Waals surface area contributed by atoms with Crippen molar-refractivity contribution in [1.29, 1.82) is 5.26 Å². The fourth-order valence-corrected chi connectivity index (χ4v) is 4.93. The Bertz CT molecular complexity index is 895. The quantitative estimate of drug-likeness (QED) is 0.476. The van der Waals surface area contributed by atoms with Crippen LogP contribution >= 0.6 is 11.8 Å². The molecule has 180 valence electrons. The summed E-state index contributed by atoms with van der Waals surface area (Å²) in [6.45, 7) is 10.7. The molecule has 0 bridgehead atoms. The first-order chi connectivity index (χ1) is 15.6. The molecule has 3 N–H and O–H groups in total. The third-order valence-electron chi connectivity index (χ3n) is 5.21. The van der Waals surface area contributed by atoms with Gasteiger partial charge in [-0.05, 0) is 32.4 Å². The number of nitriles is 1. The van der Waals surface area contributed by atoms with Crippen molar-refractivity contribution >= 4 is 41.1 Å². The molecule has 33 heavy (non-hydrogen) atoms. The number of nitrogens with zero attached hydrogens (tertiary/aromatic N) is 3. The first-order valence-corrected chi connectivity index (χ1v) is 12.2. The summed E-state index contributed by atoms with van der Waals surface area (Å²) < 4.78 is 0. The molecule has 1 aromatic rings. The molecule has 1 saturated heterocycles. The number of hydrogen-bond donors (Lipinski definition) is 3. The smallest absolute Gasteiger partial charge is 0.237 e. The van der Waals surface area contributed by atoms with Crippen LogP contribution in [0.2, 0.25) is 0 Å². The Kier molecular flexibility index (Phi) is 9.53. The summed E-state index contributed by atoms with van der Waals surface area (Å²) in [5.41, 5.74) is -0.519. The van der Waals surface area contributed by atoms with E-state index < -0.39 is 11.3 Å². The number of nitrogens with one attached hydrogen (secondary N) is 3. The van der Waals surface area contributed by atoms with E-state index in [9.17, 15) is 19.6 Å². The number of anilines is 2. The minimum absolute atomic E-state index is 0.0287. The third kappa shape index (κ3) is 7.35. The third-order valence-corrected chi connectivity index (χ3v) is 6.74. The lowest BCUT2D eigenvalue weighted by molar-refractivity contribution is -0.131. The highest BCUT2D eigenvalue weighted by Gasteiger charge is 2.40. The van der Waals surface area contributed by atoms with Crippen LogP contribution in [0, 0.1) is 22.7 Å². The van der Waals surface area contributed by atoms with E-state index in [-0.39, 0.29) is 28.3 Å². The molecule has 2 heterocycles. The van der Waals surface area contributed by atoms with Crippen molar-refractivity contribution < 1.29 is 14.4 Å². The molecule has 2 rings (SSSR count). The number of carbonyl (C=O) groups excluding carboxylic acids is 3. The highest BCUT2D eigenvalue weighted by molar-refractivity contribution is 8.01. The molecule has 1 aliphatic rings. The average molecular weight is 475 g/mol. The number of carbonyl (C=O) groups is 3. The summed E-state index contributed by atoms with van der Waals surface area (Å²) in [4.78, 5) is 43.3. The molecule has 1 fully saturated rings. The molecule has 0 spiro atoms. The van der Waals surface area contributed by atoms with Gasteiger partial charge in [-0.1, -0.05) is 26.8 Å². The summed E-state index contributed by atoms with van der Waals surface area (Å²) in [6, 6.07) is 7.41. The molecular formula is C23H34N6O3S. The van der Waals surface area contributed by atoms with Gasteiger partial charge >= 0.3 is 0 Å². The van der Waals surface area contributed by atoms with Crippen LogP contribution in [0.5, 0.6) is 0 Å². The second-order valence-electron chi connectivity index (χ2n) is 8.84. The van der Waals surface area contributed by atoms with E-state index in [0.717, 1.165) is 0 Å². The van der Waals surface area contributed by atoms with E-state index in [4.69, 9.17) is 0 Å². The van der Waals surface area contributed by atoms with Gasteiger partial charge in [0.25, 0.3) is 0 Å². The monoisotopic (exact) mass is 474 g/mol. The van der Waals surface area contributed by atoms with E-state index in [2.05, 4.69) is 27.0 Å². The Hall–Kier alpha value is -2.80. The highest BCUT2D eigenvalue weighted by atomic mass is 32.2. The lowest BCUT2D eigenvalue weighted by Gasteiger charge is -2.23. The van der Waals surface area contributed by atoms with E-state index in [1.165, 1.54) is 11.8 Å². The minimum Gasteiger partial charge on any atom is -0.370 e. The molecule has 10 heteroatoms. The van der Waals surface area contributed by atoms with Crippen LogP contribution < -0.4 is 16.0 Å². The van der Waals surface area contributed by atoms with Gasteiger partial charge in [-0.15, -0.1) is 11.8 Å². The molecule has 3 amide bonds. The summed E-state index contributed by atoms with van der Waals surface area (Å²) in [5, 5.41) is 17.7. The van der Waals surface area contributed by atoms with Crippen LogP contribution in [0.15, 0.2) is 18.2 Å². The largest absolute Gasteiger partial charge is 0.370 e. The maximum atomic E-state index is 12.9. The fourth-order valence-electron chi connectivity index (χ4n) is 3.34. The van der Waals surface area contributed by atoms with Gasteiger partial charge in [0.15, 0.2) is 0 Å². The van der Waals surface area contributed by atoms with Gasteiger partial charge in [0.05, 0.1) is 16.7 Å². The highest BCUT2D eigenvalue weighted by Crippen LogP contribution is 2.36. The maximum absolute atomic E-state index is 12.9. The van der Waals surface area contributed by atoms with Crippen molar-refractivity contribution in [1.82, 2.24) is 15.2 Å². The number of aromatic nitrogens is 1. The maximum Gasteiger partial charge on any atom is 0.237 e. The van der Waals surface area contributed by atoms with E-state index in [0.29, 0.717) is 44.1 Å². The molecule has 1 aliphatic heterocycles. The van der Waals surface area contributed by atoms with E-state index >= 15 is 0 Å². The van der Waals surface area contributed by atoms with Gasteiger partial charge in [0.2, 0.25) is 17.7 Å².